The number of ether oxygens (including phenoxy) is 1. The summed E-state index contributed by atoms with van der Waals surface area (Å²) in [5, 5.41) is 5.15. The Hall–Kier alpha value is -3.51. The molecule has 0 bridgehead atoms. The van der Waals surface area contributed by atoms with Gasteiger partial charge in [-0.15, -0.1) is 11.3 Å². The van der Waals surface area contributed by atoms with Crippen molar-refractivity contribution >= 4 is 39.3 Å². The standard InChI is InChI=1S/C22H18N4OS/c1-27-19-13-7-5-9-16(19)15-23-26-21(24-17-10-3-2-4-11-17)22-25-18-12-6-8-14-20(18)28-22/h2-15H,1H3,(H,24,26)/b23-15-. The number of hydrogen-bond acceptors (Lipinski definition) is 5. The van der Waals surface area contributed by atoms with E-state index in [0.717, 1.165) is 32.2 Å². The molecule has 0 aliphatic carbocycles. The maximum Gasteiger partial charge on any atom is 0.183 e. The highest BCUT2D eigenvalue weighted by molar-refractivity contribution is 7.20. The first-order valence-electron chi connectivity index (χ1n) is 8.75. The van der Waals surface area contributed by atoms with E-state index in [1.54, 1.807) is 24.7 Å². The van der Waals surface area contributed by atoms with Gasteiger partial charge in [0.25, 0.3) is 0 Å². The van der Waals surface area contributed by atoms with Crippen molar-refractivity contribution in [2.75, 3.05) is 7.11 Å². The van der Waals surface area contributed by atoms with Gasteiger partial charge in [-0.1, -0.05) is 42.5 Å². The third-order valence-corrected chi connectivity index (χ3v) is 5.05. The molecule has 0 radical (unpaired) electrons. The number of methoxy groups -OCH3 is 1. The van der Waals surface area contributed by atoms with Gasteiger partial charge >= 0.3 is 0 Å². The van der Waals surface area contributed by atoms with Crippen molar-refractivity contribution in [2.24, 2.45) is 10.1 Å². The number of rotatable bonds is 5. The van der Waals surface area contributed by atoms with Crippen molar-refractivity contribution in [1.29, 1.82) is 0 Å². The third-order valence-electron chi connectivity index (χ3n) is 4.01. The molecule has 0 amide bonds. The molecule has 0 atom stereocenters. The molecular weight excluding hydrogens is 368 g/mol. The number of fused-ring (bicyclic) bond motifs is 1. The lowest BCUT2D eigenvalue weighted by atomic mass is 10.2. The van der Waals surface area contributed by atoms with Crippen LogP contribution < -0.4 is 10.2 Å². The Labute approximate surface area is 167 Å². The summed E-state index contributed by atoms with van der Waals surface area (Å²) in [5.41, 5.74) is 5.71. The van der Waals surface area contributed by atoms with Gasteiger partial charge in [-0.25, -0.2) is 9.98 Å². The van der Waals surface area contributed by atoms with Crippen molar-refractivity contribution in [1.82, 2.24) is 10.4 Å². The summed E-state index contributed by atoms with van der Waals surface area (Å²) in [6.45, 7) is 0. The summed E-state index contributed by atoms with van der Waals surface area (Å²) >= 11 is 1.58. The Morgan fingerprint density at radius 3 is 2.54 bits per heavy atom. The van der Waals surface area contributed by atoms with E-state index in [2.05, 4.69) is 16.6 Å². The highest BCUT2D eigenvalue weighted by atomic mass is 32.1. The Morgan fingerprint density at radius 2 is 1.71 bits per heavy atom. The minimum absolute atomic E-state index is 0.596. The van der Waals surface area contributed by atoms with Gasteiger partial charge in [0.1, 0.15) is 5.75 Å². The first-order chi connectivity index (χ1) is 13.8. The third kappa shape index (κ3) is 4.07. The molecule has 1 heterocycles. The van der Waals surface area contributed by atoms with Gasteiger partial charge < -0.3 is 4.74 Å². The summed E-state index contributed by atoms with van der Waals surface area (Å²) in [7, 11) is 1.64. The van der Waals surface area contributed by atoms with Crippen LogP contribution in [0, 0.1) is 0 Å². The van der Waals surface area contributed by atoms with Gasteiger partial charge in [-0.05, 0) is 36.4 Å². The van der Waals surface area contributed by atoms with Gasteiger partial charge in [0.15, 0.2) is 10.8 Å². The molecule has 0 spiro atoms. The van der Waals surface area contributed by atoms with E-state index in [1.807, 2.05) is 72.8 Å². The summed E-state index contributed by atoms with van der Waals surface area (Å²) in [5.74, 6) is 1.35. The Balaban J connectivity index is 1.67. The minimum atomic E-state index is 0.596. The van der Waals surface area contributed by atoms with Crippen molar-refractivity contribution in [2.45, 2.75) is 0 Å². The number of thiazole rings is 1. The van der Waals surface area contributed by atoms with Gasteiger partial charge in [0, 0.05) is 5.56 Å². The monoisotopic (exact) mass is 386 g/mol. The molecule has 0 saturated carbocycles. The van der Waals surface area contributed by atoms with Crippen molar-refractivity contribution in [3.05, 3.63) is 89.4 Å². The molecule has 3 aromatic carbocycles. The van der Waals surface area contributed by atoms with Crippen molar-refractivity contribution in [3.8, 4) is 5.75 Å². The number of benzene rings is 3. The first-order valence-corrected chi connectivity index (χ1v) is 9.57. The van der Waals surface area contributed by atoms with Crippen LogP contribution in [0.3, 0.4) is 0 Å². The number of hydrazone groups is 1. The van der Waals surface area contributed by atoms with Crippen LogP contribution in [0.1, 0.15) is 10.6 Å². The fourth-order valence-corrected chi connectivity index (χ4v) is 3.57. The van der Waals surface area contributed by atoms with Crippen LogP contribution in [-0.2, 0) is 0 Å². The first kappa shape index (κ1) is 17.9. The van der Waals surface area contributed by atoms with Gasteiger partial charge in [-0.2, -0.15) is 5.10 Å². The van der Waals surface area contributed by atoms with Gasteiger partial charge in [-0.3, -0.25) is 5.43 Å². The summed E-state index contributed by atoms with van der Waals surface area (Å²) in [6.07, 6.45) is 1.71. The molecule has 1 aromatic heterocycles. The molecular formula is C22H18N4OS. The topological polar surface area (TPSA) is 58.9 Å². The molecule has 6 heteroatoms. The Morgan fingerprint density at radius 1 is 0.964 bits per heavy atom. The van der Waals surface area contributed by atoms with Crippen molar-refractivity contribution in [3.63, 3.8) is 0 Å². The molecule has 0 aliphatic rings. The molecule has 0 saturated heterocycles. The number of aromatic nitrogens is 1. The molecule has 0 aliphatic heterocycles. The van der Waals surface area contributed by atoms with E-state index in [9.17, 15) is 0 Å². The average Bonchev–Trinajstić information content (AvgIpc) is 3.18. The van der Waals surface area contributed by atoms with Crippen LogP contribution in [0.15, 0.2) is 89.0 Å². The Kier molecular flexibility index (Phi) is 5.40. The molecule has 1 N–H and O–H groups in total. The second kappa shape index (κ2) is 8.45. The predicted molar refractivity (Wildman–Crippen MR) is 116 cm³/mol. The van der Waals surface area contributed by atoms with E-state index in [-0.39, 0.29) is 0 Å². The molecule has 28 heavy (non-hydrogen) atoms. The zero-order chi connectivity index (χ0) is 19.2. The number of hydrogen-bond donors (Lipinski definition) is 1. The average molecular weight is 386 g/mol. The second-order valence-electron chi connectivity index (χ2n) is 5.89. The number of para-hydroxylation sites is 3. The molecule has 4 aromatic rings. The zero-order valence-corrected chi connectivity index (χ0v) is 16.1. The lowest BCUT2D eigenvalue weighted by molar-refractivity contribution is 0.414. The molecule has 138 valence electrons. The van der Waals surface area contributed by atoms with Crippen LogP contribution in [0.2, 0.25) is 0 Å². The lowest BCUT2D eigenvalue weighted by Crippen LogP contribution is -2.18. The quantitative estimate of drug-likeness (QED) is 0.298. The molecule has 0 fully saturated rings. The summed E-state index contributed by atoms with van der Waals surface area (Å²) < 4.78 is 6.47. The summed E-state index contributed by atoms with van der Waals surface area (Å²) in [4.78, 5) is 9.40. The van der Waals surface area contributed by atoms with Gasteiger partial charge in [0.2, 0.25) is 0 Å². The normalized spacial score (nSPS) is 11.8. The van der Waals surface area contributed by atoms with Gasteiger partial charge in [0.05, 0.1) is 29.2 Å². The fourth-order valence-electron chi connectivity index (χ4n) is 2.66. The van der Waals surface area contributed by atoms with Crippen LogP contribution in [-0.4, -0.2) is 24.1 Å². The largest absolute Gasteiger partial charge is 0.496 e. The van der Waals surface area contributed by atoms with E-state index < -0.39 is 0 Å². The molecule has 5 nitrogen and oxygen atoms in total. The van der Waals surface area contributed by atoms with E-state index in [1.165, 1.54) is 0 Å². The van der Waals surface area contributed by atoms with Crippen LogP contribution in [0.5, 0.6) is 5.75 Å². The lowest BCUT2D eigenvalue weighted by Gasteiger charge is -2.05. The molecule has 4 rings (SSSR count). The van der Waals surface area contributed by atoms with E-state index >= 15 is 0 Å². The number of nitrogens with zero attached hydrogens (tertiary/aromatic N) is 3. The highest BCUT2D eigenvalue weighted by Crippen LogP contribution is 2.23. The number of aliphatic imine (C=N–C) groups is 1. The maximum atomic E-state index is 5.36. The maximum absolute atomic E-state index is 5.36. The summed E-state index contributed by atoms with van der Waals surface area (Å²) in [6, 6.07) is 25.5. The number of nitrogens with one attached hydrogen (secondary N) is 1. The van der Waals surface area contributed by atoms with Crippen LogP contribution in [0.25, 0.3) is 10.2 Å². The molecule has 0 unspecified atom stereocenters. The predicted octanol–water partition coefficient (Wildman–Crippen LogP) is 5.01. The zero-order valence-electron chi connectivity index (χ0n) is 15.2. The van der Waals surface area contributed by atoms with E-state index in [4.69, 9.17) is 14.7 Å². The highest BCUT2D eigenvalue weighted by Gasteiger charge is 2.10. The van der Waals surface area contributed by atoms with Crippen molar-refractivity contribution < 1.29 is 4.74 Å². The van der Waals surface area contributed by atoms with E-state index in [0.29, 0.717) is 5.84 Å². The fraction of sp³-hybridized carbons (Fsp3) is 0.0455. The minimum Gasteiger partial charge on any atom is -0.496 e. The SMILES string of the molecule is COc1ccccc1/C=N\NC(=Nc1ccccc1)c1nc2ccccc2s1. The smallest absolute Gasteiger partial charge is 0.183 e. The number of amidine groups is 1. The second-order valence-corrected chi connectivity index (χ2v) is 6.93. The van der Waals surface area contributed by atoms with Crippen LogP contribution >= 0.6 is 11.3 Å². The van der Waals surface area contributed by atoms with Crippen LogP contribution in [0.4, 0.5) is 5.69 Å². The Bertz CT molecular complexity index is 1100.